The number of halogens is 1. The molecule has 0 aliphatic carbocycles. The number of nitrogens with zero attached hydrogens (tertiary/aromatic N) is 2. The van der Waals surface area contributed by atoms with Gasteiger partial charge in [0.25, 0.3) is 0 Å². The summed E-state index contributed by atoms with van der Waals surface area (Å²) >= 11 is 6.23. The summed E-state index contributed by atoms with van der Waals surface area (Å²) in [6.07, 6.45) is 3.33. The van der Waals surface area contributed by atoms with Gasteiger partial charge in [-0.15, -0.1) is 0 Å². The first-order chi connectivity index (χ1) is 11.0. The van der Waals surface area contributed by atoms with Gasteiger partial charge in [0, 0.05) is 32.3 Å². The van der Waals surface area contributed by atoms with E-state index in [-0.39, 0.29) is 5.91 Å². The number of benzene rings is 1. The van der Waals surface area contributed by atoms with E-state index in [4.69, 9.17) is 21.1 Å². The normalized spacial score (nSPS) is 15.9. The quantitative estimate of drug-likeness (QED) is 0.774. The lowest BCUT2D eigenvalue weighted by Crippen LogP contribution is -2.46. The van der Waals surface area contributed by atoms with Gasteiger partial charge in [0.05, 0.1) is 18.7 Å². The summed E-state index contributed by atoms with van der Waals surface area (Å²) < 4.78 is 10.8. The molecule has 6 heteroatoms. The van der Waals surface area contributed by atoms with Crippen LogP contribution < -0.4 is 9.47 Å². The molecule has 1 aromatic carbocycles. The summed E-state index contributed by atoms with van der Waals surface area (Å²) in [6, 6.07) is 3.58. The van der Waals surface area contributed by atoms with Crippen molar-refractivity contribution in [3.05, 3.63) is 28.8 Å². The Morgan fingerprint density at radius 2 is 2.00 bits per heavy atom. The van der Waals surface area contributed by atoms with Gasteiger partial charge in [-0.1, -0.05) is 11.6 Å². The monoisotopic (exact) mass is 338 g/mol. The van der Waals surface area contributed by atoms with Crippen LogP contribution in [0.2, 0.25) is 5.02 Å². The van der Waals surface area contributed by atoms with E-state index in [1.54, 1.807) is 25.3 Å². The molecule has 1 aliphatic heterocycles. The van der Waals surface area contributed by atoms with Gasteiger partial charge in [0.2, 0.25) is 5.91 Å². The van der Waals surface area contributed by atoms with Crippen molar-refractivity contribution in [2.45, 2.75) is 6.92 Å². The maximum Gasteiger partial charge on any atom is 0.246 e. The van der Waals surface area contributed by atoms with Crippen LogP contribution in [0, 0.1) is 0 Å². The fourth-order valence-electron chi connectivity index (χ4n) is 2.42. The molecule has 1 saturated heterocycles. The first-order valence-corrected chi connectivity index (χ1v) is 8.08. The molecule has 0 aromatic heterocycles. The third kappa shape index (κ3) is 4.62. The summed E-state index contributed by atoms with van der Waals surface area (Å²) in [5, 5.41) is 0.470. The van der Waals surface area contributed by atoms with Crippen LogP contribution in [-0.2, 0) is 4.79 Å². The highest BCUT2D eigenvalue weighted by molar-refractivity contribution is 6.32. The molecule has 1 amide bonds. The van der Waals surface area contributed by atoms with Gasteiger partial charge in [-0.05, 0) is 37.7 Å². The summed E-state index contributed by atoms with van der Waals surface area (Å²) in [5.74, 6) is 1.10. The molecular weight excluding hydrogens is 316 g/mol. The zero-order valence-corrected chi connectivity index (χ0v) is 14.6. The number of hydrogen-bond donors (Lipinski definition) is 0. The Kier molecular flexibility index (Phi) is 6.30. The van der Waals surface area contributed by atoms with E-state index in [1.165, 1.54) is 0 Å². The second-order valence-corrected chi connectivity index (χ2v) is 5.84. The van der Waals surface area contributed by atoms with Crippen LogP contribution in [0.15, 0.2) is 18.2 Å². The highest BCUT2D eigenvalue weighted by Gasteiger charge is 2.17. The SMILES string of the molecule is CCOc1c(Cl)cc(C=CC(=O)N2CCN(C)CC2)cc1OC. The van der Waals surface area contributed by atoms with E-state index < -0.39 is 0 Å². The summed E-state index contributed by atoms with van der Waals surface area (Å²) in [6.45, 7) is 5.72. The molecular formula is C17H23ClN2O3. The maximum atomic E-state index is 12.2. The number of piperazine rings is 1. The van der Waals surface area contributed by atoms with Crippen molar-refractivity contribution in [3.8, 4) is 11.5 Å². The van der Waals surface area contributed by atoms with Crippen LogP contribution >= 0.6 is 11.6 Å². The molecule has 1 fully saturated rings. The third-order valence-electron chi connectivity index (χ3n) is 3.77. The molecule has 0 atom stereocenters. The van der Waals surface area contributed by atoms with Crippen molar-refractivity contribution in [3.63, 3.8) is 0 Å². The Bertz CT molecular complexity index is 581. The molecule has 1 aliphatic rings. The van der Waals surface area contributed by atoms with Gasteiger partial charge in [-0.2, -0.15) is 0 Å². The maximum absolute atomic E-state index is 12.2. The lowest BCUT2D eigenvalue weighted by molar-refractivity contribution is -0.127. The molecule has 0 N–H and O–H groups in total. The molecule has 126 valence electrons. The number of hydrogen-bond acceptors (Lipinski definition) is 4. The summed E-state index contributed by atoms with van der Waals surface area (Å²) in [5.41, 5.74) is 0.804. The molecule has 0 bridgehead atoms. The minimum Gasteiger partial charge on any atom is -0.493 e. The average molecular weight is 339 g/mol. The standard InChI is InChI=1S/C17H23ClN2O3/c1-4-23-17-14(18)11-13(12-15(17)22-3)5-6-16(21)20-9-7-19(2)8-10-20/h5-6,11-12H,4,7-10H2,1-3H3. The van der Waals surface area contributed by atoms with Gasteiger partial charge >= 0.3 is 0 Å². The third-order valence-corrected chi connectivity index (χ3v) is 4.05. The van der Waals surface area contributed by atoms with Crippen molar-refractivity contribution in [1.29, 1.82) is 0 Å². The van der Waals surface area contributed by atoms with Gasteiger partial charge in [-0.25, -0.2) is 0 Å². The highest BCUT2D eigenvalue weighted by atomic mass is 35.5. The molecule has 0 unspecified atom stereocenters. The Balaban J connectivity index is 2.10. The summed E-state index contributed by atoms with van der Waals surface area (Å²) in [7, 11) is 3.63. The van der Waals surface area contributed by atoms with Crippen LogP contribution in [-0.4, -0.2) is 62.7 Å². The molecule has 0 spiro atoms. The van der Waals surface area contributed by atoms with Crippen LogP contribution in [0.4, 0.5) is 0 Å². The highest BCUT2D eigenvalue weighted by Crippen LogP contribution is 2.36. The molecule has 0 radical (unpaired) electrons. The first-order valence-electron chi connectivity index (χ1n) is 7.71. The Morgan fingerprint density at radius 3 is 2.61 bits per heavy atom. The van der Waals surface area contributed by atoms with Gasteiger partial charge in [0.15, 0.2) is 11.5 Å². The molecule has 1 heterocycles. The molecule has 0 saturated carbocycles. The number of ether oxygens (including phenoxy) is 2. The molecule has 5 nitrogen and oxygen atoms in total. The topological polar surface area (TPSA) is 42.0 Å². The fraction of sp³-hybridized carbons (Fsp3) is 0.471. The van der Waals surface area contributed by atoms with E-state index in [2.05, 4.69) is 11.9 Å². The Labute approximate surface area is 142 Å². The van der Waals surface area contributed by atoms with E-state index >= 15 is 0 Å². The van der Waals surface area contributed by atoms with Crippen molar-refractivity contribution < 1.29 is 14.3 Å². The minimum absolute atomic E-state index is 0.0158. The van der Waals surface area contributed by atoms with Crippen molar-refractivity contribution in [2.24, 2.45) is 0 Å². The minimum atomic E-state index is 0.0158. The van der Waals surface area contributed by atoms with Gasteiger partial charge in [0.1, 0.15) is 0 Å². The first kappa shape index (κ1) is 17.6. The van der Waals surface area contributed by atoms with Gasteiger partial charge in [-0.3, -0.25) is 4.79 Å². The lowest BCUT2D eigenvalue weighted by atomic mass is 10.1. The van der Waals surface area contributed by atoms with E-state index in [0.29, 0.717) is 23.1 Å². The Hall–Kier alpha value is -1.72. The smallest absolute Gasteiger partial charge is 0.246 e. The zero-order valence-electron chi connectivity index (χ0n) is 13.8. The van der Waals surface area contributed by atoms with E-state index in [9.17, 15) is 4.79 Å². The van der Waals surface area contributed by atoms with Crippen LogP contribution in [0.1, 0.15) is 12.5 Å². The number of carbonyl (C=O) groups is 1. The number of rotatable bonds is 5. The molecule has 1 aromatic rings. The average Bonchev–Trinajstić information content (AvgIpc) is 2.55. The van der Waals surface area contributed by atoms with E-state index in [0.717, 1.165) is 31.7 Å². The number of likely N-dealkylation sites (N-methyl/N-ethyl adjacent to an activating group) is 1. The van der Waals surface area contributed by atoms with Gasteiger partial charge < -0.3 is 19.3 Å². The number of amides is 1. The largest absolute Gasteiger partial charge is 0.493 e. The summed E-state index contributed by atoms with van der Waals surface area (Å²) in [4.78, 5) is 16.3. The Morgan fingerprint density at radius 1 is 1.30 bits per heavy atom. The van der Waals surface area contributed by atoms with Crippen molar-refractivity contribution >= 4 is 23.6 Å². The second kappa shape index (κ2) is 8.22. The molecule has 2 rings (SSSR count). The number of methoxy groups -OCH3 is 1. The number of carbonyl (C=O) groups excluding carboxylic acids is 1. The predicted octanol–water partition coefficient (Wildman–Crippen LogP) is 2.53. The predicted molar refractivity (Wildman–Crippen MR) is 92.3 cm³/mol. The molecule has 23 heavy (non-hydrogen) atoms. The van der Waals surface area contributed by atoms with Crippen molar-refractivity contribution in [2.75, 3.05) is 46.9 Å². The van der Waals surface area contributed by atoms with Crippen LogP contribution in [0.25, 0.3) is 6.08 Å². The lowest BCUT2D eigenvalue weighted by Gasteiger charge is -2.31. The fourth-order valence-corrected chi connectivity index (χ4v) is 2.69. The zero-order chi connectivity index (χ0) is 16.8. The van der Waals surface area contributed by atoms with Crippen LogP contribution in [0.5, 0.6) is 11.5 Å². The second-order valence-electron chi connectivity index (χ2n) is 5.43. The van der Waals surface area contributed by atoms with Crippen LogP contribution in [0.3, 0.4) is 0 Å². The van der Waals surface area contributed by atoms with E-state index in [1.807, 2.05) is 17.9 Å². The van der Waals surface area contributed by atoms with Crippen molar-refractivity contribution in [1.82, 2.24) is 9.80 Å².